The molecule has 1 saturated heterocycles. The molecule has 3 aromatic heterocycles. The van der Waals surface area contributed by atoms with Crippen LogP contribution in [0.3, 0.4) is 0 Å². The lowest BCUT2D eigenvalue weighted by atomic mass is 9.88. The summed E-state index contributed by atoms with van der Waals surface area (Å²) in [6, 6.07) is 13.6. The molecule has 2 amide bonds. The molecule has 8 nitrogen and oxygen atoms in total. The van der Waals surface area contributed by atoms with Gasteiger partial charge in [0.1, 0.15) is 5.54 Å². The lowest BCUT2D eigenvalue weighted by Crippen LogP contribution is -2.55. The van der Waals surface area contributed by atoms with Gasteiger partial charge in [-0.3, -0.25) is 14.6 Å². The maximum Gasteiger partial charge on any atom is 0.241 e. The highest BCUT2D eigenvalue weighted by atomic mass is 16.2. The Morgan fingerprint density at radius 2 is 1.91 bits per heavy atom. The Bertz CT molecular complexity index is 1160. The monoisotopic (exact) mass is 430 g/mol. The molecule has 1 unspecified atom stereocenters. The molecule has 0 aromatic carbocycles. The maximum absolute atomic E-state index is 13.1. The third kappa shape index (κ3) is 3.23. The Labute approximate surface area is 187 Å². The van der Waals surface area contributed by atoms with Gasteiger partial charge in [-0.05, 0) is 42.8 Å². The molecule has 164 valence electrons. The van der Waals surface area contributed by atoms with Gasteiger partial charge >= 0.3 is 0 Å². The quantitative estimate of drug-likeness (QED) is 0.632. The van der Waals surface area contributed by atoms with E-state index in [1.54, 1.807) is 31.4 Å². The SMILES string of the molecule is CN(C)C(=O)CN1c2cccnc2-n2cccc2C12CCN(C(=O)Cc1ccccn1)C2. The highest BCUT2D eigenvalue weighted by molar-refractivity contribution is 5.84. The third-order valence-corrected chi connectivity index (χ3v) is 6.48. The maximum atomic E-state index is 13.1. The molecule has 1 fully saturated rings. The van der Waals surface area contributed by atoms with Gasteiger partial charge in [0, 0.05) is 51.5 Å². The fourth-order valence-electron chi connectivity index (χ4n) is 4.82. The van der Waals surface area contributed by atoms with E-state index in [1.807, 2.05) is 47.5 Å². The topological polar surface area (TPSA) is 74.6 Å². The lowest BCUT2D eigenvalue weighted by molar-refractivity contribution is -0.129. The summed E-state index contributed by atoms with van der Waals surface area (Å²) in [4.78, 5) is 40.6. The Morgan fingerprint density at radius 1 is 1.06 bits per heavy atom. The number of carbonyl (C=O) groups excluding carboxylic acids is 2. The number of hydrogen-bond acceptors (Lipinski definition) is 5. The molecule has 2 aliphatic rings. The molecular formula is C24H26N6O2. The van der Waals surface area contributed by atoms with Crippen LogP contribution < -0.4 is 4.90 Å². The van der Waals surface area contributed by atoms with Gasteiger partial charge in [0.15, 0.2) is 5.82 Å². The fourth-order valence-corrected chi connectivity index (χ4v) is 4.82. The van der Waals surface area contributed by atoms with Crippen LogP contribution in [0.2, 0.25) is 0 Å². The predicted octanol–water partition coefficient (Wildman–Crippen LogP) is 1.85. The summed E-state index contributed by atoms with van der Waals surface area (Å²) in [6.45, 7) is 1.36. The van der Waals surface area contributed by atoms with Crippen molar-refractivity contribution in [1.82, 2.24) is 24.3 Å². The van der Waals surface area contributed by atoms with Gasteiger partial charge in [0.05, 0.1) is 24.3 Å². The second-order valence-electron chi connectivity index (χ2n) is 8.58. The molecule has 8 heteroatoms. The molecule has 0 aliphatic carbocycles. The number of likely N-dealkylation sites (tertiary alicyclic amines) is 1. The summed E-state index contributed by atoms with van der Waals surface area (Å²) < 4.78 is 2.10. The zero-order chi connectivity index (χ0) is 22.3. The van der Waals surface area contributed by atoms with Gasteiger partial charge in [-0.2, -0.15) is 0 Å². The molecule has 0 bridgehead atoms. The summed E-state index contributed by atoms with van der Waals surface area (Å²) >= 11 is 0. The van der Waals surface area contributed by atoms with Crippen molar-refractivity contribution in [3.05, 3.63) is 72.4 Å². The number of rotatable bonds is 4. The highest BCUT2D eigenvalue weighted by Crippen LogP contribution is 2.46. The van der Waals surface area contributed by atoms with Crippen molar-refractivity contribution in [2.45, 2.75) is 18.4 Å². The normalized spacial score (nSPS) is 19.1. The standard InChI is InChI=1S/C24H26N6O2/c1-27(2)22(32)16-30-19-8-5-12-26-23(19)29-13-6-9-20(29)24(30)10-14-28(17-24)21(31)15-18-7-3-4-11-25-18/h3-9,11-13H,10,14-17H2,1-2H3. The van der Waals surface area contributed by atoms with Crippen molar-refractivity contribution < 1.29 is 9.59 Å². The summed E-state index contributed by atoms with van der Waals surface area (Å²) in [5.41, 5.74) is 2.24. The zero-order valence-electron chi connectivity index (χ0n) is 18.3. The summed E-state index contributed by atoms with van der Waals surface area (Å²) in [6.07, 6.45) is 6.49. The molecular weight excluding hydrogens is 404 g/mol. The third-order valence-electron chi connectivity index (χ3n) is 6.48. The lowest BCUT2D eigenvalue weighted by Gasteiger charge is -2.47. The second-order valence-corrected chi connectivity index (χ2v) is 8.58. The molecule has 5 heterocycles. The number of aromatic nitrogens is 3. The average Bonchev–Trinajstić information content (AvgIpc) is 3.46. The number of likely N-dealkylation sites (N-methyl/N-ethyl adjacent to an activating group) is 1. The highest BCUT2D eigenvalue weighted by Gasteiger charge is 2.51. The van der Waals surface area contributed by atoms with Crippen LogP contribution in [0.4, 0.5) is 5.69 Å². The van der Waals surface area contributed by atoms with Crippen molar-refractivity contribution in [2.75, 3.05) is 38.6 Å². The smallest absolute Gasteiger partial charge is 0.241 e. The molecule has 32 heavy (non-hydrogen) atoms. The van der Waals surface area contributed by atoms with Crippen molar-refractivity contribution in [3.8, 4) is 5.82 Å². The Balaban J connectivity index is 1.52. The van der Waals surface area contributed by atoms with E-state index in [0.29, 0.717) is 13.1 Å². The van der Waals surface area contributed by atoms with Crippen molar-refractivity contribution in [2.24, 2.45) is 0 Å². The molecule has 0 N–H and O–H groups in total. The largest absolute Gasteiger partial charge is 0.347 e. The van der Waals surface area contributed by atoms with Crippen LogP contribution in [0.15, 0.2) is 61.1 Å². The minimum Gasteiger partial charge on any atom is -0.347 e. The van der Waals surface area contributed by atoms with Gasteiger partial charge in [0.2, 0.25) is 11.8 Å². The molecule has 3 aromatic rings. The second kappa shape index (κ2) is 7.78. The number of pyridine rings is 2. The number of anilines is 1. The Hall–Kier alpha value is -3.68. The van der Waals surface area contributed by atoms with Gasteiger partial charge in [-0.1, -0.05) is 6.07 Å². The predicted molar refractivity (Wildman–Crippen MR) is 120 cm³/mol. The number of hydrogen-bond donors (Lipinski definition) is 0. The first-order valence-electron chi connectivity index (χ1n) is 10.8. The first-order valence-corrected chi connectivity index (χ1v) is 10.8. The summed E-state index contributed by atoms with van der Waals surface area (Å²) in [5.74, 6) is 0.870. The van der Waals surface area contributed by atoms with E-state index in [9.17, 15) is 9.59 Å². The zero-order valence-corrected chi connectivity index (χ0v) is 18.3. The van der Waals surface area contributed by atoms with Crippen LogP contribution in [0, 0.1) is 0 Å². The van der Waals surface area contributed by atoms with Crippen LogP contribution in [0.1, 0.15) is 17.8 Å². The molecule has 1 spiro atoms. The van der Waals surface area contributed by atoms with Gasteiger partial charge < -0.3 is 19.3 Å². The minimum atomic E-state index is -0.495. The van der Waals surface area contributed by atoms with E-state index >= 15 is 0 Å². The van der Waals surface area contributed by atoms with E-state index in [4.69, 9.17) is 0 Å². The van der Waals surface area contributed by atoms with Crippen LogP contribution >= 0.6 is 0 Å². The number of amides is 2. The minimum absolute atomic E-state index is 0.0115. The molecule has 5 rings (SSSR count). The van der Waals surface area contributed by atoms with Crippen molar-refractivity contribution in [1.29, 1.82) is 0 Å². The van der Waals surface area contributed by atoms with Crippen LogP contribution in [0.5, 0.6) is 0 Å². The van der Waals surface area contributed by atoms with Gasteiger partial charge in [0.25, 0.3) is 0 Å². The van der Waals surface area contributed by atoms with E-state index in [0.717, 1.165) is 29.3 Å². The first kappa shape index (κ1) is 20.2. The summed E-state index contributed by atoms with van der Waals surface area (Å²) in [5, 5.41) is 0. The fraction of sp³-hybridized carbons (Fsp3) is 0.333. The van der Waals surface area contributed by atoms with Gasteiger partial charge in [-0.25, -0.2) is 4.98 Å². The van der Waals surface area contributed by atoms with E-state index in [2.05, 4.69) is 25.5 Å². The molecule has 1 atom stereocenters. The average molecular weight is 431 g/mol. The van der Waals surface area contributed by atoms with Crippen LogP contribution in [0.25, 0.3) is 5.82 Å². The Kier molecular flexibility index (Phi) is 4.92. The van der Waals surface area contributed by atoms with Crippen molar-refractivity contribution >= 4 is 17.5 Å². The Morgan fingerprint density at radius 3 is 2.69 bits per heavy atom. The number of carbonyl (C=O) groups is 2. The number of fused-ring (bicyclic) bond motifs is 4. The molecule has 2 aliphatic heterocycles. The molecule has 0 saturated carbocycles. The van der Waals surface area contributed by atoms with E-state index in [-0.39, 0.29) is 24.8 Å². The van der Waals surface area contributed by atoms with Crippen molar-refractivity contribution in [3.63, 3.8) is 0 Å². The number of nitrogens with zero attached hydrogens (tertiary/aromatic N) is 6. The van der Waals surface area contributed by atoms with Crippen LogP contribution in [-0.4, -0.2) is 69.9 Å². The van der Waals surface area contributed by atoms with Gasteiger partial charge in [-0.15, -0.1) is 0 Å². The van der Waals surface area contributed by atoms with Crippen LogP contribution in [-0.2, 0) is 21.5 Å². The first-order chi connectivity index (χ1) is 15.5. The van der Waals surface area contributed by atoms with E-state index < -0.39 is 5.54 Å². The summed E-state index contributed by atoms with van der Waals surface area (Å²) in [7, 11) is 3.53. The molecule has 0 radical (unpaired) electrons. The van der Waals surface area contributed by atoms with E-state index in [1.165, 1.54) is 0 Å².